The number of aryl methyl sites for hydroxylation is 1. The maximum atomic E-state index is 13.4. The van der Waals surface area contributed by atoms with Crippen LogP contribution in [-0.4, -0.2) is 23.0 Å². The van der Waals surface area contributed by atoms with Gasteiger partial charge in [0.2, 0.25) is 5.91 Å². The van der Waals surface area contributed by atoms with E-state index >= 15 is 0 Å². The van der Waals surface area contributed by atoms with Gasteiger partial charge in [-0.1, -0.05) is 64.5 Å². The van der Waals surface area contributed by atoms with Gasteiger partial charge in [-0.2, -0.15) is 0 Å². The van der Waals surface area contributed by atoms with Crippen LogP contribution < -0.4 is 16.0 Å². The average molecular weight is 615 g/mol. The second-order valence-corrected chi connectivity index (χ2v) is 11.4. The molecule has 3 N–H and O–H groups in total. The number of thioether (sulfide) groups is 1. The summed E-state index contributed by atoms with van der Waals surface area (Å²) in [6.07, 6.45) is 1.62. The summed E-state index contributed by atoms with van der Waals surface area (Å²) in [6.45, 7) is 3.80. The summed E-state index contributed by atoms with van der Waals surface area (Å²) in [7, 11) is 0. The maximum Gasteiger partial charge on any atom is 0.272 e. The molecule has 0 aliphatic carbocycles. The molecule has 4 aromatic carbocycles. The van der Waals surface area contributed by atoms with Gasteiger partial charge in [0.15, 0.2) is 0 Å². The topological polar surface area (TPSA) is 87.3 Å². The Balaban J connectivity index is 1.48. The van der Waals surface area contributed by atoms with Crippen molar-refractivity contribution >= 4 is 62.9 Å². The summed E-state index contributed by atoms with van der Waals surface area (Å²) in [4.78, 5) is 39.8. The SMILES string of the molecule is Cc1cccc(NC(=O)C(C)Sc2cccc(NC(=O)/C(=C\c3cccc(Br)c3)NC(=O)c3ccccc3)c2)c1. The minimum Gasteiger partial charge on any atom is -0.325 e. The molecule has 0 aliphatic heterocycles. The highest BCUT2D eigenvalue weighted by Gasteiger charge is 2.17. The van der Waals surface area contributed by atoms with Crippen molar-refractivity contribution in [2.24, 2.45) is 0 Å². The number of benzene rings is 4. The molecule has 0 aromatic heterocycles. The van der Waals surface area contributed by atoms with E-state index in [0.717, 1.165) is 26.2 Å². The van der Waals surface area contributed by atoms with E-state index in [1.807, 2.05) is 80.6 Å². The number of nitrogens with one attached hydrogen (secondary N) is 3. The minimum atomic E-state index is -0.475. The summed E-state index contributed by atoms with van der Waals surface area (Å²) in [5, 5.41) is 8.19. The van der Waals surface area contributed by atoms with Gasteiger partial charge in [-0.05, 0) is 85.6 Å². The molecule has 0 aliphatic rings. The quantitative estimate of drug-likeness (QED) is 0.137. The second-order valence-electron chi connectivity index (χ2n) is 9.03. The number of amides is 3. The van der Waals surface area contributed by atoms with E-state index in [9.17, 15) is 14.4 Å². The second kappa shape index (κ2) is 13.8. The number of carbonyl (C=O) groups excluding carboxylic acids is 3. The van der Waals surface area contributed by atoms with Crippen LogP contribution in [0.3, 0.4) is 0 Å². The van der Waals surface area contributed by atoms with Gasteiger partial charge in [0.1, 0.15) is 5.70 Å². The predicted octanol–water partition coefficient (Wildman–Crippen LogP) is 7.29. The lowest BCUT2D eigenvalue weighted by atomic mass is 10.1. The van der Waals surface area contributed by atoms with Crippen LogP contribution >= 0.6 is 27.7 Å². The van der Waals surface area contributed by atoms with Gasteiger partial charge < -0.3 is 16.0 Å². The molecule has 40 heavy (non-hydrogen) atoms. The van der Waals surface area contributed by atoms with Gasteiger partial charge in [-0.15, -0.1) is 11.8 Å². The highest BCUT2D eigenvalue weighted by atomic mass is 79.9. The van der Waals surface area contributed by atoms with Gasteiger partial charge in [0.05, 0.1) is 5.25 Å². The van der Waals surface area contributed by atoms with Gasteiger partial charge >= 0.3 is 0 Å². The first-order valence-corrected chi connectivity index (χ1v) is 14.2. The normalized spacial score (nSPS) is 11.8. The number of hydrogen-bond acceptors (Lipinski definition) is 4. The molecule has 6 nitrogen and oxygen atoms in total. The lowest BCUT2D eigenvalue weighted by molar-refractivity contribution is -0.115. The Morgan fingerprint density at radius 3 is 2.23 bits per heavy atom. The Kier molecular flexibility index (Phi) is 9.94. The van der Waals surface area contributed by atoms with Crippen LogP contribution in [0.4, 0.5) is 11.4 Å². The van der Waals surface area contributed by atoms with E-state index in [0.29, 0.717) is 11.3 Å². The largest absolute Gasteiger partial charge is 0.325 e. The van der Waals surface area contributed by atoms with Crippen LogP contribution in [0.2, 0.25) is 0 Å². The smallest absolute Gasteiger partial charge is 0.272 e. The molecule has 0 heterocycles. The fourth-order valence-corrected chi connectivity index (χ4v) is 5.12. The number of carbonyl (C=O) groups is 3. The Morgan fingerprint density at radius 1 is 0.800 bits per heavy atom. The van der Waals surface area contributed by atoms with Crippen LogP contribution in [0, 0.1) is 6.92 Å². The standard InChI is InChI=1S/C32H28BrN3O3S/c1-21-9-6-14-26(17-21)34-30(37)22(2)40-28-16-8-15-27(20-28)35-32(39)29(19-23-10-7-13-25(33)18-23)36-31(38)24-11-4-3-5-12-24/h3-20,22H,1-2H3,(H,34,37)(H,35,39)(H,36,38)/b29-19+. The van der Waals surface area contributed by atoms with E-state index in [4.69, 9.17) is 0 Å². The molecule has 4 aromatic rings. The number of anilines is 2. The van der Waals surface area contributed by atoms with Crippen LogP contribution in [0.25, 0.3) is 6.08 Å². The molecule has 202 valence electrons. The Labute approximate surface area is 246 Å². The average Bonchev–Trinajstić information content (AvgIpc) is 2.93. The zero-order valence-corrected chi connectivity index (χ0v) is 24.4. The van der Waals surface area contributed by atoms with Crippen molar-refractivity contribution in [3.8, 4) is 0 Å². The third-order valence-electron chi connectivity index (χ3n) is 5.75. The summed E-state index contributed by atoms with van der Waals surface area (Å²) >= 11 is 4.83. The Bertz CT molecular complexity index is 1560. The molecule has 1 atom stereocenters. The van der Waals surface area contributed by atoms with E-state index in [1.165, 1.54) is 11.8 Å². The number of rotatable bonds is 9. The molecular formula is C32H28BrN3O3S. The molecule has 1 unspecified atom stereocenters. The lowest BCUT2D eigenvalue weighted by Crippen LogP contribution is -2.30. The maximum absolute atomic E-state index is 13.4. The van der Waals surface area contributed by atoms with Crippen molar-refractivity contribution in [1.82, 2.24) is 5.32 Å². The highest BCUT2D eigenvalue weighted by Crippen LogP contribution is 2.27. The molecular weight excluding hydrogens is 586 g/mol. The molecule has 0 bridgehead atoms. The van der Waals surface area contributed by atoms with E-state index in [2.05, 4.69) is 31.9 Å². The molecule has 0 radical (unpaired) electrons. The molecule has 8 heteroatoms. The van der Waals surface area contributed by atoms with Crippen molar-refractivity contribution in [2.75, 3.05) is 10.6 Å². The highest BCUT2D eigenvalue weighted by molar-refractivity contribution is 9.10. The summed E-state index contributed by atoms with van der Waals surface area (Å²) in [6, 6.07) is 31.0. The summed E-state index contributed by atoms with van der Waals surface area (Å²) < 4.78 is 0.848. The van der Waals surface area contributed by atoms with Crippen LogP contribution in [-0.2, 0) is 9.59 Å². The monoisotopic (exact) mass is 613 g/mol. The van der Waals surface area contributed by atoms with Crippen LogP contribution in [0.1, 0.15) is 28.4 Å². The molecule has 4 rings (SSSR count). The first-order chi connectivity index (χ1) is 19.3. The Morgan fingerprint density at radius 2 is 1.50 bits per heavy atom. The van der Waals surface area contributed by atoms with Gasteiger partial charge in [0.25, 0.3) is 11.8 Å². The van der Waals surface area contributed by atoms with Crippen LogP contribution in [0.15, 0.2) is 118 Å². The van der Waals surface area contributed by atoms with Crippen molar-refractivity contribution in [3.05, 3.63) is 130 Å². The van der Waals surface area contributed by atoms with E-state index in [1.54, 1.807) is 42.5 Å². The van der Waals surface area contributed by atoms with Gasteiger partial charge in [-0.25, -0.2) is 0 Å². The van der Waals surface area contributed by atoms with Gasteiger partial charge in [-0.3, -0.25) is 14.4 Å². The first kappa shape index (κ1) is 28.9. The third-order valence-corrected chi connectivity index (χ3v) is 7.34. The first-order valence-electron chi connectivity index (χ1n) is 12.6. The van der Waals surface area contributed by atoms with Crippen molar-refractivity contribution in [3.63, 3.8) is 0 Å². The fraction of sp³-hybridized carbons (Fsp3) is 0.0938. The molecule has 0 fully saturated rings. The summed E-state index contributed by atoms with van der Waals surface area (Å²) in [5.41, 5.74) is 3.62. The van der Waals surface area contributed by atoms with Crippen LogP contribution in [0.5, 0.6) is 0 Å². The van der Waals surface area contributed by atoms with Crippen molar-refractivity contribution < 1.29 is 14.4 Å². The molecule has 0 spiro atoms. The van der Waals surface area contributed by atoms with Crippen molar-refractivity contribution in [2.45, 2.75) is 24.0 Å². The predicted molar refractivity (Wildman–Crippen MR) is 166 cm³/mol. The minimum absolute atomic E-state index is 0.0934. The lowest BCUT2D eigenvalue weighted by Gasteiger charge is -2.14. The van der Waals surface area contributed by atoms with E-state index < -0.39 is 11.8 Å². The number of halogens is 1. The fourth-order valence-electron chi connectivity index (χ4n) is 3.78. The van der Waals surface area contributed by atoms with Gasteiger partial charge in [0, 0.05) is 26.3 Å². The molecule has 3 amide bonds. The molecule has 0 saturated carbocycles. The molecule has 0 saturated heterocycles. The summed E-state index contributed by atoms with van der Waals surface area (Å²) in [5.74, 6) is -0.987. The van der Waals surface area contributed by atoms with Crippen molar-refractivity contribution in [1.29, 1.82) is 0 Å². The number of hydrogen-bond donors (Lipinski definition) is 3. The third kappa shape index (κ3) is 8.43. The zero-order chi connectivity index (χ0) is 28.5. The Hall–Kier alpha value is -4.14. The zero-order valence-electron chi connectivity index (χ0n) is 22.0. The van der Waals surface area contributed by atoms with E-state index in [-0.39, 0.29) is 16.9 Å².